The second kappa shape index (κ2) is 5.41. The molecule has 2 rings (SSSR count). The Labute approximate surface area is 114 Å². The summed E-state index contributed by atoms with van der Waals surface area (Å²) in [6.45, 7) is 6.18. The Balaban J connectivity index is 2.27. The van der Waals surface area contributed by atoms with E-state index < -0.39 is 0 Å². The second-order valence-electron chi connectivity index (χ2n) is 5.73. The maximum absolute atomic E-state index is 5.56. The van der Waals surface area contributed by atoms with Crippen LogP contribution in [0.2, 0.25) is 0 Å². The van der Waals surface area contributed by atoms with E-state index in [1.165, 1.54) is 16.3 Å². The van der Waals surface area contributed by atoms with E-state index in [9.17, 15) is 0 Å². The molecule has 0 saturated heterocycles. The molecular weight excluding hydrogens is 234 g/mol. The van der Waals surface area contributed by atoms with Gasteiger partial charge in [0.25, 0.3) is 0 Å². The molecule has 0 aliphatic heterocycles. The zero-order valence-corrected chi connectivity index (χ0v) is 11.8. The van der Waals surface area contributed by atoms with Gasteiger partial charge in [-0.2, -0.15) is 0 Å². The highest BCUT2D eigenvalue weighted by Crippen LogP contribution is 2.16. The summed E-state index contributed by atoms with van der Waals surface area (Å²) < 4.78 is 0. The summed E-state index contributed by atoms with van der Waals surface area (Å²) in [5, 5.41) is 2.49. The summed E-state index contributed by atoms with van der Waals surface area (Å²) in [5.74, 6) is 6.37. The van der Waals surface area contributed by atoms with E-state index in [1.807, 2.05) is 0 Å². The standard InChI is InChI=1S/C16H21N3/c1-16(2,3)18-15(19-17)11-12-8-9-13-6-4-5-7-14(13)10-12/h4-10H,11,17H2,1-3H3,(H,18,19). The quantitative estimate of drug-likeness (QED) is 0.375. The van der Waals surface area contributed by atoms with Crippen molar-refractivity contribution in [1.29, 1.82) is 0 Å². The molecule has 0 aliphatic rings. The van der Waals surface area contributed by atoms with Crippen LogP contribution in [-0.2, 0) is 6.42 Å². The third-order valence-corrected chi connectivity index (χ3v) is 2.82. The lowest BCUT2D eigenvalue weighted by molar-refractivity contribution is 0.578. The largest absolute Gasteiger partial charge is 0.312 e. The summed E-state index contributed by atoms with van der Waals surface area (Å²) in [5.41, 5.74) is 3.79. The molecule has 2 aromatic carbocycles. The molecule has 19 heavy (non-hydrogen) atoms. The lowest BCUT2D eigenvalue weighted by Crippen LogP contribution is -2.34. The number of fused-ring (bicyclic) bond motifs is 1. The summed E-state index contributed by atoms with van der Waals surface area (Å²) in [7, 11) is 0. The van der Waals surface area contributed by atoms with Crippen molar-refractivity contribution < 1.29 is 0 Å². The first-order valence-electron chi connectivity index (χ1n) is 6.51. The van der Waals surface area contributed by atoms with Gasteiger partial charge in [0.2, 0.25) is 0 Å². The summed E-state index contributed by atoms with van der Waals surface area (Å²) in [4.78, 5) is 4.58. The molecule has 0 amide bonds. The maximum atomic E-state index is 5.56. The topological polar surface area (TPSA) is 50.4 Å². The van der Waals surface area contributed by atoms with E-state index >= 15 is 0 Å². The van der Waals surface area contributed by atoms with Crippen LogP contribution in [0.1, 0.15) is 26.3 Å². The number of nitrogens with two attached hydrogens (primary N) is 1. The molecule has 0 aliphatic carbocycles. The molecule has 0 fully saturated rings. The highest BCUT2D eigenvalue weighted by atomic mass is 15.3. The van der Waals surface area contributed by atoms with Gasteiger partial charge in [-0.15, -0.1) is 0 Å². The first-order valence-corrected chi connectivity index (χ1v) is 6.51. The van der Waals surface area contributed by atoms with Crippen molar-refractivity contribution in [2.24, 2.45) is 10.8 Å². The fourth-order valence-electron chi connectivity index (χ4n) is 2.07. The van der Waals surface area contributed by atoms with E-state index in [-0.39, 0.29) is 5.54 Å². The second-order valence-corrected chi connectivity index (χ2v) is 5.73. The van der Waals surface area contributed by atoms with Crippen molar-refractivity contribution in [1.82, 2.24) is 5.43 Å². The van der Waals surface area contributed by atoms with Crippen LogP contribution in [0, 0.1) is 0 Å². The first kappa shape index (κ1) is 13.6. The van der Waals surface area contributed by atoms with Gasteiger partial charge in [-0.1, -0.05) is 42.5 Å². The zero-order chi connectivity index (χ0) is 13.9. The summed E-state index contributed by atoms with van der Waals surface area (Å²) in [6, 6.07) is 14.8. The maximum Gasteiger partial charge on any atom is 0.115 e. The van der Waals surface area contributed by atoms with Crippen LogP contribution >= 0.6 is 0 Å². The fraction of sp³-hybridized carbons (Fsp3) is 0.312. The van der Waals surface area contributed by atoms with Crippen molar-refractivity contribution in [2.45, 2.75) is 32.7 Å². The SMILES string of the molecule is CC(C)(C)N=C(Cc1ccc2ccccc2c1)NN. The minimum absolute atomic E-state index is 0.126. The lowest BCUT2D eigenvalue weighted by Gasteiger charge is -2.16. The molecule has 0 aromatic heterocycles. The Morgan fingerprint density at radius 3 is 2.42 bits per heavy atom. The van der Waals surface area contributed by atoms with Crippen molar-refractivity contribution in [3.63, 3.8) is 0 Å². The Bertz CT molecular complexity index is 594. The number of nitrogens with one attached hydrogen (secondary N) is 1. The minimum Gasteiger partial charge on any atom is -0.312 e. The molecule has 0 radical (unpaired) electrons. The van der Waals surface area contributed by atoms with E-state index in [0.29, 0.717) is 0 Å². The van der Waals surface area contributed by atoms with E-state index in [2.05, 4.69) is 73.7 Å². The number of nitrogens with zero attached hydrogens (tertiary/aromatic N) is 1. The summed E-state index contributed by atoms with van der Waals surface area (Å²) >= 11 is 0. The highest BCUT2D eigenvalue weighted by molar-refractivity contribution is 5.87. The van der Waals surface area contributed by atoms with Crippen LogP contribution in [0.25, 0.3) is 10.8 Å². The Hall–Kier alpha value is -1.87. The molecule has 2 aromatic rings. The van der Waals surface area contributed by atoms with Crippen LogP contribution < -0.4 is 11.3 Å². The van der Waals surface area contributed by atoms with E-state index in [0.717, 1.165) is 12.3 Å². The number of rotatable bonds is 2. The molecule has 0 unspecified atom stereocenters. The van der Waals surface area contributed by atoms with Crippen molar-refractivity contribution >= 4 is 16.6 Å². The smallest absolute Gasteiger partial charge is 0.115 e. The van der Waals surface area contributed by atoms with E-state index in [1.54, 1.807) is 0 Å². The van der Waals surface area contributed by atoms with Crippen LogP contribution in [0.5, 0.6) is 0 Å². The molecule has 0 saturated carbocycles. The molecule has 3 nitrogen and oxygen atoms in total. The molecule has 0 atom stereocenters. The van der Waals surface area contributed by atoms with Crippen molar-refractivity contribution in [3.05, 3.63) is 48.0 Å². The summed E-state index contributed by atoms with van der Waals surface area (Å²) in [6.07, 6.45) is 0.721. The first-order chi connectivity index (χ1) is 8.98. The van der Waals surface area contributed by atoms with Gasteiger partial charge < -0.3 is 5.43 Å². The van der Waals surface area contributed by atoms with Gasteiger partial charge in [0, 0.05) is 6.42 Å². The molecule has 0 spiro atoms. The lowest BCUT2D eigenvalue weighted by atomic mass is 10.0. The van der Waals surface area contributed by atoms with Crippen LogP contribution in [-0.4, -0.2) is 11.4 Å². The monoisotopic (exact) mass is 255 g/mol. The Kier molecular flexibility index (Phi) is 3.86. The number of aliphatic imine (C=N–C) groups is 1. The number of hydrazine groups is 1. The van der Waals surface area contributed by atoms with Gasteiger partial charge in [0.1, 0.15) is 5.84 Å². The van der Waals surface area contributed by atoms with Gasteiger partial charge in [0.15, 0.2) is 0 Å². The molecule has 3 heteroatoms. The molecule has 0 heterocycles. The van der Waals surface area contributed by atoms with Gasteiger partial charge >= 0.3 is 0 Å². The van der Waals surface area contributed by atoms with Crippen molar-refractivity contribution in [3.8, 4) is 0 Å². The van der Waals surface area contributed by atoms with Gasteiger partial charge in [0.05, 0.1) is 5.54 Å². The van der Waals surface area contributed by atoms with E-state index in [4.69, 9.17) is 5.84 Å². The van der Waals surface area contributed by atoms with Gasteiger partial charge in [-0.25, -0.2) is 5.84 Å². The fourth-order valence-corrected chi connectivity index (χ4v) is 2.07. The van der Waals surface area contributed by atoms with Crippen LogP contribution in [0.4, 0.5) is 0 Å². The molecule has 3 N–H and O–H groups in total. The average Bonchev–Trinajstić information content (AvgIpc) is 2.36. The third-order valence-electron chi connectivity index (χ3n) is 2.82. The Morgan fingerprint density at radius 2 is 1.79 bits per heavy atom. The number of hydrogen-bond donors (Lipinski definition) is 2. The zero-order valence-electron chi connectivity index (χ0n) is 11.8. The molecule has 100 valence electrons. The highest BCUT2D eigenvalue weighted by Gasteiger charge is 2.10. The number of hydrogen-bond acceptors (Lipinski definition) is 2. The number of amidine groups is 1. The van der Waals surface area contributed by atoms with Crippen molar-refractivity contribution in [2.75, 3.05) is 0 Å². The number of benzene rings is 2. The molecular formula is C16H21N3. The predicted molar refractivity (Wildman–Crippen MR) is 82.2 cm³/mol. The molecule has 0 bridgehead atoms. The van der Waals surface area contributed by atoms with Crippen LogP contribution in [0.15, 0.2) is 47.5 Å². The van der Waals surface area contributed by atoms with Gasteiger partial charge in [-0.3, -0.25) is 4.99 Å². The van der Waals surface area contributed by atoms with Gasteiger partial charge in [-0.05, 0) is 37.1 Å². The normalized spacial score (nSPS) is 12.7. The Morgan fingerprint density at radius 1 is 1.11 bits per heavy atom. The van der Waals surface area contributed by atoms with Crippen LogP contribution in [0.3, 0.4) is 0 Å². The minimum atomic E-state index is -0.126. The third kappa shape index (κ3) is 3.80. The predicted octanol–water partition coefficient (Wildman–Crippen LogP) is 3.04. The average molecular weight is 255 g/mol.